The summed E-state index contributed by atoms with van der Waals surface area (Å²) in [7, 11) is 2.01. The Kier molecular flexibility index (Phi) is 2.94. The molecular weight excluding hydrogens is 149 g/mol. The van der Waals surface area contributed by atoms with E-state index in [1.807, 2.05) is 32.1 Å². The van der Waals surface area contributed by atoms with E-state index in [2.05, 4.69) is 11.9 Å². The van der Waals surface area contributed by atoms with E-state index in [1.165, 1.54) is 6.08 Å². The highest BCUT2D eigenvalue weighted by molar-refractivity contribution is 6.32. The van der Waals surface area contributed by atoms with E-state index in [0.29, 0.717) is 0 Å². The van der Waals surface area contributed by atoms with Crippen molar-refractivity contribution in [3.63, 3.8) is 0 Å². The topological polar surface area (TPSA) is 32.3 Å². The van der Waals surface area contributed by atoms with Crippen LogP contribution in [0.3, 0.4) is 0 Å². The summed E-state index contributed by atoms with van der Waals surface area (Å²) in [4.78, 5) is 0. The van der Waals surface area contributed by atoms with Gasteiger partial charge in [-0.15, -0.1) is 0 Å². The smallest absolute Gasteiger partial charge is 0.143 e. The molecule has 2 nitrogen and oxygen atoms in total. The molecule has 0 aromatic heterocycles. The maximum atomic E-state index is 9.17. The van der Waals surface area contributed by atoms with Gasteiger partial charge in [-0.2, -0.15) is 0 Å². The van der Waals surface area contributed by atoms with Gasteiger partial charge >= 0.3 is 0 Å². The molecule has 0 aliphatic carbocycles. The van der Waals surface area contributed by atoms with Gasteiger partial charge in [0.2, 0.25) is 0 Å². The highest BCUT2D eigenvalue weighted by Crippen LogP contribution is 2.04. The molecule has 3 heteroatoms. The van der Waals surface area contributed by atoms with Crippen molar-refractivity contribution >= 4 is 19.0 Å². The van der Waals surface area contributed by atoms with Gasteiger partial charge in [-0.1, -0.05) is 24.2 Å². The summed E-state index contributed by atoms with van der Waals surface area (Å²) in [5, 5.41) is 12.0. The normalized spacial score (nSPS) is 12.1. The van der Waals surface area contributed by atoms with Crippen molar-refractivity contribution in [3.05, 3.63) is 36.9 Å². The summed E-state index contributed by atoms with van der Waals surface area (Å²) in [6.45, 7) is 3.47. The fraction of sp³-hybridized carbons (Fsp3) is 0.111. The molecule has 2 N–H and O–H groups in total. The van der Waals surface area contributed by atoms with Crippen molar-refractivity contribution in [1.82, 2.24) is 0 Å². The summed E-state index contributed by atoms with van der Waals surface area (Å²) in [5.41, 5.74) is 2.07. The summed E-state index contributed by atoms with van der Waals surface area (Å²) in [6, 6.07) is 7.81. The highest BCUT2D eigenvalue weighted by atomic mass is 16.3. The van der Waals surface area contributed by atoms with E-state index in [9.17, 15) is 5.11 Å². The monoisotopic (exact) mass is 161 g/mol. The Morgan fingerprint density at radius 1 is 1.58 bits per heavy atom. The van der Waals surface area contributed by atoms with Gasteiger partial charge in [-0.3, -0.25) is 0 Å². The zero-order chi connectivity index (χ0) is 8.97. The molecule has 12 heavy (non-hydrogen) atoms. The zero-order valence-electron chi connectivity index (χ0n) is 7.12. The first kappa shape index (κ1) is 8.88. The van der Waals surface area contributed by atoms with Crippen LogP contribution in [-0.2, 0) is 0 Å². The summed E-state index contributed by atoms with van der Waals surface area (Å²) >= 11 is 0. The van der Waals surface area contributed by atoms with Crippen molar-refractivity contribution in [3.8, 4) is 0 Å². The first-order valence-corrected chi connectivity index (χ1v) is 3.86. The van der Waals surface area contributed by atoms with Crippen molar-refractivity contribution in [2.45, 2.75) is 6.23 Å². The van der Waals surface area contributed by atoms with Crippen LogP contribution in [0.4, 0.5) is 5.69 Å². The van der Waals surface area contributed by atoms with Gasteiger partial charge in [0, 0.05) is 5.69 Å². The number of rotatable bonds is 3. The third-order valence-electron chi connectivity index (χ3n) is 1.56. The number of hydrogen-bond acceptors (Lipinski definition) is 2. The quantitative estimate of drug-likeness (QED) is 0.367. The van der Waals surface area contributed by atoms with E-state index in [0.717, 1.165) is 11.2 Å². The molecule has 1 aromatic rings. The van der Waals surface area contributed by atoms with Crippen LogP contribution in [0.2, 0.25) is 0 Å². The molecule has 0 aliphatic heterocycles. The lowest BCUT2D eigenvalue weighted by atomic mass is 9.96. The van der Waals surface area contributed by atoms with E-state index in [1.54, 1.807) is 0 Å². The zero-order valence-corrected chi connectivity index (χ0v) is 7.12. The fourth-order valence-corrected chi connectivity index (χ4v) is 0.965. The third-order valence-corrected chi connectivity index (χ3v) is 1.56. The minimum atomic E-state index is -0.674. The van der Waals surface area contributed by atoms with Crippen LogP contribution in [0.15, 0.2) is 36.9 Å². The molecule has 0 amide bonds. The predicted molar refractivity (Wildman–Crippen MR) is 54.4 cm³/mol. The van der Waals surface area contributed by atoms with Crippen LogP contribution in [0.1, 0.15) is 0 Å². The standard InChI is InChI=1S/C9H12BNO/c1-2-9(12)11-8-5-3-4-7(10)6-8/h2-6,9,11-12H,1,10H2. The third kappa shape index (κ3) is 2.44. The summed E-state index contributed by atoms with van der Waals surface area (Å²) in [6.07, 6.45) is 0.772. The van der Waals surface area contributed by atoms with Crippen molar-refractivity contribution < 1.29 is 5.11 Å². The molecule has 0 saturated carbocycles. The lowest BCUT2D eigenvalue weighted by molar-refractivity contribution is 0.253. The molecule has 1 unspecified atom stereocenters. The van der Waals surface area contributed by atoms with Gasteiger partial charge in [-0.05, 0) is 18.2 Å². The van der Waals surface area contributed by atoms with E-state index in [-0.39, 0.29) is 0 Å². The Morgan fingerprint density at radius 2 is 2.33 bits per heavy atom. The molecular formula is C9H12BNO. The van der Waals surface area contributed by atoms with Gasteiger partial charge in [0.25, 0.3) is 0 Å². The van der Waals surface area contributed by atoms with Crippen LogP contribution < -0.4 is 10.8 Å². The largest absolute Gasteiger partial charge is 0.370 e. The van der Waals surface area contributed by atoms with Crippen LogP contribution in [0, 0.1) is 0 Å². The number of aliphatic hydroxyl groups is 1. The minimum absolute atomic E-state index is 0.674. The molecule has 1 aromatic carbocycles. The number of anilines is 1. The van der Waals surface area contributed by atoms with Gasteiger partial charge in [0.1, 0.15) is 14.1 Å². The number of benzene rings is 1. The molecule has 1 rings (SSSR count). The van der Waals surface area contributed by atoms with Crippen LogP contribution in [0.5, 0.6) is 0 Å². The molecule has 0 spiro atoms. The number of aliphatic hydroxyl groups excluding tert-OH is 1. The van der Waals surface area contributed by atoms with E-state index >= 15 is 0 Å². The molecule has 0 aliphatic rings. The lowest BCUT2D eigenvalue weighted by Crippen LogP contribution is -2.16. The maximum absolute atomic E-state index is 9.17. The van der Waals surface area contributed by atoms with E-state index in [4.69, 9.17) is 0 Å². The maximum Gasteiger partial charge on any atom is 0.143 e. The van der Waals surface area contributed by atoms with Gasteiger partial charge in [0.05, 0.1) is 0 Å². The minimum Gasteiger partial charge on any atom is -0.370 e. The van der Waals surface area contributed by atoms with Crippen molar-refractivity contribution in [1.29, 1.82) is 0 Å². The molecule has 0 fully saturated rings. The average Bonchev–Trinajstić information content (AvgIpc) is 2.04. The Balaban J connectivity index is 2.69. The van der Waals surface area contributed by atoms with E-state index < -0.39 is 6.23 Å². The van der Waals surface area contributed by atoms with Gasteiger partial charge in [-0.25, -0.2) is 0 Å². The highest BCUT2D eigenvalue weighted by Gasteiger charge is 1.96. The Morgan fingerprint density at radius 3 is 2.92 bits per heavy atom. The lowest BCUT2D eigenvalue weighted by Gasteiger charge is -2.09. The molecule has 0 bridgehead atoms. The first-order valence-electron chi connectivity index (χ1n) is 3.86. The summed E-state index contributed by atoms with van der Waals surface area (Å²) in [5.74, 6) is 0. The SMILES string of the molecule is Bc1cccc(NC(O)C=C)c1. The second-order valence-corrected chi connectivity index (χ2v) is 2.69. The van der Waals surface area contributed by atoms with Gasteiger partial charge < -0.3 is 10.4 Å². The first-order chi connectivity index (χ1) is 5.72. The second kappa shape index (κ2) is 3.97. The average molecular weight is 161 g/mol. The fourth-order valence-electron chi connectivity index (χ4n) is 0.965. The molecule has 0 heterocycles. The predicted octanol–water partition coefficient (Wildman–Crippen LogP) is -0.139. The number of hydrogen-bond donors (Lipinski definition) is 2. The summed E-state index contributed by atoms with van der Waals surface area (Å²) < 4.78 is 0. The molecule has 0 radical (unpaired) electrons. The Hall–Kier alpha value is -1.22. The second-order valence-electron chi connectivity index (χ2n) is 2.69. The molecule has 62 valence electrons. The number of nitrogens with one attached hydrogen (secondary N) is 1. The Bertz CT molecular complexity index is 275. The van der Waals surface area contributed by atoms with Crippen LogP contribution in [-0.4, -0.2) is 19.2 Å². The van der Waals surface area contributed by atoms with Crippen molar-refractivity contribution in [2.75, 3.05) is 5.32 Å². The van der Waals surface area contributed by atoms with Crippen LogP contribution >= 0.6 is 0 Å². The molecule has 0 saturated heterocycles. The van der Waals surface area contributed by atoms with Gasteiger partial charge in [0.15, 0.2) is 0 Å². The molecule has 1 atom stereocenters. The Labute approximate surface area is 73.3 Å². The van der Waals surface area contributed by atoms with Crippen molar-refractivity contribution in [2.24, 2.45) is 0 Å². The van der Waals surface area contributed by atoms with Crippen LogP contribution in [0.25, 0.3) is 0 Å².